The number of hydrogen-bond donors (Lipinski definition) is 2. The summed E-state index contributed by atoms with van der Waals surface area (Å²) < 4.78 is 33.3. The molecule has 2 N–H and O–H groups in total. The summed E-state index contributed by atoms with van der Waals surface area (Å²) in [6.45, 7) is 6.35. The third kappa shape index (κ3) is 5.43. The topological polar surface area (TPSA) is 108 Å². The summed E-state index contributed by atoms with van der Waals surface area (Å²) in [4.78, 5) is 11.3. The molecule has 0 saturated heterocycles. The lowest BCUT2D eigenvalue weighted by Gasteiger charge is -2.23. The lowest BCUT2D eigenvalue weighted by Crippen LogP contribution is -2.38. The van der Waals surface area contributed by atoms with Crippen LogP contribution in [0.4, 0.5) is 0 Å². The molecular formula is C30H29NO6S. The van der Waals surface area contributed by atoms with Gasteiger partial charge in [-0.05, 0) is 50.6 Å². The quantitative estimate of drug-likeness (QED) is 0.206. The molecule has 8 heteroatoms. The van der Waals surface area contributed by atoms with Gasteiger partial charge in [-0.2, -0.15) is 0 Å². The zero-order chi connectivity index (χ0) is 26.9. The van der Waals surface area contributed by atoms with E-state index in [1.165, 1.54) is 0 Å². The maximum Gasteiger partial charge on any atom is 0.307 e. The van der Waals surface area contributed by atoms with Crippen LogP contribution in [0.5, 0.6) is 5.75 Å². The zero-order valence-electron chi connectivity index (χ0n) is 21.4. The Labute approximate surface area is 223 Å². The molecule has 0 aliphatic rings. The van der Waals surface area contributed by atoms with Crippen LogP contribution in [-0.4, -0.2) is 20.4 Å². The molecule has 0 aliphatic heterocycles. The minimum absolute atomic E-state index is 0.122. The number of rotatable bonds is 9. The fourth-order valence-electron chi connectivity index (χ4n) is 4.35. The van der Waals surface area contributed by atoms with Gasteiger partial charge in [0.1, 0.15) is 28.3 Å². The zero-order valence-corrected chi connectivity index (χ0v) is 22.3. The molecule has 3 aromatic carbocycles. The largest absolute Gasteiger partial charge is 0.598 e. The third-order valence-corrected chi connectivity index (χ3v) is 7.76. The van der Waals surface area contributed by atoms with Crippen molar-refractivity contribution < 1.29 is 28.0 Å². The summed E-state index contributed by atoms with van der Waals surface area (Å²) in [5.41, 5.74) is 5.55. The van der Waals surface area contributed by atoms with Crippen LogP contribution >= 0.6 is 0 Å². The Bertz CT molecular complexity index is 1600. The average Bonchev–Trinajstić information content (AvgIpc) is 3.52. The molecule has 0 amide bonds. The Balaban J connectivity index is 1.55. The number of ether oxygens (including phenoxy) is 1. The fourth-order valence-corrected chi connectivity index (χ4v) is 5.07. The summed E-state index contributed by atoms with van der Waals surface area (Å²) in [6, 6.07) is 19.0. The van der Waals surface area contributed by atoms with Gasteiger partial charge in [-0.1, -0.05) is 36.4 Å². The second-order valence-corrected chi connectivity index (χ2v) is 12.1. The maximum absolute atomic E-state index is 12.6. The predicted molar refractivity (Wildman–Crippen MR) is 148 cm³/mol. The van der Waals surface area contributed by atoms with Crippen LogP contribution in [0.3, 0.4) is 0 Å². The first-order valence-corrected chi connectivity index (χ1v) is 13.4. The second kappa shape index (κ2) is 10.6. The minimum Gasteiger partial charge on any atom is -0.598 e. The van der Waals surface area contributed by atoms with Gasteiger partial charge in [-0.3, -0.25) is 4.79 Å². The number of aliphatic carboxylic acids is 1. The van der Waals surface area contributed by atoms with Crippen LogP contribution in [0.25, 0.3) is 33.1 Å². The van der Waals surface area contributed by atoms with Crippen molar-refractivity contribution in [1.29, 1.82) is 0 Å². The summed E-state index contributed by atoms with van der Waals surface area (Å²) in [5, 5.41) is 11.1. The molecule has 0 saturated carbocycles. The predicted octanol–water partition coefficient (Wildman–Crippen LogP) is 6.60. The monoisotopic (exact) mass is 531 g/mol. The number of fused-ring (bicyclic) bond motifs is 2. The van der Waals surface area contributed by atoms with Crippen LogP contribution in [-0.2, 0) is 35.7 Å². The van der Waals surface area contributed by atoms with Crippen molar-refractivity contribution in [2.75, 3.05) is 0 Å². The normalized spacial score (nSPS) is 12.7. The Morgan fingerprint density at radius 3 is 2.61 bits per heavy atom. The summed E-state index contributed by atoms with van der Waals surface area (Å²) in [7, 11) is 0. The Morgan fingerprint density at radius 2 is 1.82 bits per heavy atom. The third-order valence-electron chi connectivity index (χ3n) is 6.24. The molecule has 196 valence electrons. The van der Waals surface area contributed by atoms with Gasteiger partial charge in [-0.25, -0.2) is 0 Å². The number of carboxylic acid groups (broad SMARTS) is 1. The van der Waals surface area contributed by atoms with Gasteiger partial charge >= 0.3 is 5.97 Å². The SMILES string of the molecule is CC(C)(C)[S+]([O-])NCc1coc2c(-c3cccc4ccoc34)cc(COc3ccccc3CC(=O)O)cc12. The van der Waals surface area contributed by atoms with Crippen molar-refractivity contribution in [3.8, 4) is 16.9 Å². The molecule has 0 spiro atoms. The molecule has 7 nitrogen and oxygen atoms in total. The molecule has 5 rings (SSSR count). The van der Waals surface area contributed by atoms with E-state index in [2.05, 4.69) is 4.72 Å². The molecule has 1 unspecified atom stereocenters. The molecule has 38 heavy (non-hydrogen) atoms. The number of nitrogens with one attached hydrogen (secondary N) is 1. The number of hydrogen-bond acceptors (Lipinski definition) is 6. The first-order chi connectivity index (χ1) is 18.2. The van der Waals surface area contributed by atoms with Crippen LogP contribution in [0.1, 0.15) is 37.5 Å². The van der Waals surface area contributed by atoms with E-state index in [1.54, 1.807) is 30.7 Å². The van der Waals surface area contributed by atoms with Gasteiger partial charge in [0.25, 0.3) is 0 Å². The lowest BCUT2D eigenvalue weighted by molar-refractivity contribution is -0.136. The molecule has 2 aromatic heterocycles. The van der Waals surface area contributed by atoms with E-state index in [0.29, 0.717) is 23.4 Å². The molecule has 0 radical (unpaired) electrons. The highest BCUT2D eigenvalue weighted by molar-refractivity contribution is 7.90. The Hall–Kier alpha value is -3.72. The fraction of sp³-hybridized carbons (Fsp3) is 0.233. The van der Waals surface area contributed by atoms with E-state index in [1.807, 2.05) is 63.2 Å². The van der Waals surface area contributed by atoms with E-state index in [4.69, 9.17) is 13.6 Å². The minimum atomic E-state index is -1.24. The second-order valence-electron chi connectivity index (χ2n) is 10.1. The van der Waals surface area contributed by atoms with Gasteiger partial charge in [0.2, 0.25) is 0 Å². The van der Waals surface area contributed by atoms with Crippen molar-refractivity contribution in [3.05, 3.63) is 89.9 Å². The van der Waals surface area contributed by atoms with Gasteiger partial charge in [-0.15, -0.1) is 4.72 Å². The van der Waals surface area contributed by atoms with E-state index in [9.17, 15) is 14.5 Å². The van der Waals surface area contributed by atoms with Gasteiger partial charge < -0.3 is 23.2 Å². The van der Waals surface area contributed by atoms with Gasteiger partial charge in [0.05, 0.1) is 25.5 Å². The highest BCUT2D eigenvalue weighted by atomic mass is 32.2. The van der Waals surface area contributed by atoms with Crippen LogP contribution in [0.15, 0.2) is 82.0 Å². The molecule has 0 aliphatic carbocycles. The number of para-hydroxylation sites is 2. The van der Waals surface area contributed by atoms with Crippen LogP contribution in [0.2, 0.25) is 0 Å². The number of benzene rings is 3. The highest BCUT2D eigenvalue weighted by Crippen LogP contribution is 2.38. The van der Waals surface area contributed by atoms with Crippen molar-refractivity contribution in [3.63, 3.8) is 0 Å². The van der Waals surface area contributed by atoms with E-state index in [-0.39, 0.29) is 13.0 Å². The highest BCUT2D eigenvalue weighted by Gasteiger charge is 2.27. The number of carbonyl (C=O) groups is 1. The van der Waals surface area contributed by atoms with Gasteiger partial charge in [0, 0.05) is 44.4 Å². The number of furan rings is 2. The van der Waals surface area contributed by atoms with Crippen LogP contribution < -0.4 is 9.46 Å². The summed E-state index contributed by atoms with van der Waals surface area (Å²) in [5.74, 6) is -0.390. The van der Waals surface area contributed by atoms with E-state index < -0.39 is 22.1 Å². The summed E-state index contributed by atoms with van der Waals surface area (Å²) in [6.07, 6.45) is 3.23. The molecule has 0 bridgehead atoms. The van der Waals surface area contributed by atoms with Crippen molar-refractivity contribution in [1.82, 2.24) is 4.72 Å². The first kappa shape index (κ1) is 25.9. The van der Waals surface area contributed by atoms with E-state index >= 15 is 0 Å². The van der Waals surface area contributed by atoms with Crippen molar-refractivity contribution >= 4 is 39.3 Å². The van der Waals surface area contributed by atoms with Crippen molar-refractivity contribution in [2.24, 2.45) is 0 Å². The molecule has 0 fully saturated rings. The van der Waals surface area contributed by atoms with Crippen LogP contribution in [0, 0.1) is 0 Å². The maximum atomic E-state index is 12.6. The first-order valence-electron chi connectivity index (χ1n) is 12.3. The average molecular weight is 532 g/mol. The molecule has 1 atom stereocenters. The molecule has 5 aromatic rings. The molecular weight excluding hydrogens is 502 g/mol. The standard InChI is InChI=1S/C30H29NO6S/c1-30(2,3)38(34)31-16-22-18-37-29-24(22)13-19(17-36-26-10-5-4-7-21(26)15-27(32)33)14-25(29)23-9-6-8-20-11-12-35-28(20)23/h4-14,18,31H,15-17H2,1-3H3,(H,32,33). The Morgan fingerprint density at radius 1 is 1.00 bits per heavy atom. The number of carboxylic acids is 1. The Kier molecular flexibility index (Phi) is 7.21. The lowest BCUT2D eigenvalue weighted by atomic mass is 9.98. The smallest absolute Gasteiger partial charge is 0.307 e. The van der Waals surface area contributed by atoms with Crippen molar-refractivity contribution in [2.45, 2.75) is 45.1 Å². The van der Waals surface area contributed by atoms with Gasteiger partial charge in [0.15, 0.2) is 0 Å². The summed E-state index contributed by atoms with van der Waals surface area (Å²) >= 11 is -1.24. The van der Waals surface area contributed by atoms with E-state index in [0.717, 1.165) is 38.6 Å². The molecule has 2 heterocycles.